The first-order chi connectivity index (χ1) is 15.9. The highest BCUT2D eigenvalue weighted by Crippen LogP contribution is 2.36. The van der Waals surface area contributed by atoms with Crippen molar-refractivity contribution in [2.75, 3.05) is 13.2 Å². The van der Waals surface area contributed by atoms with Gasteiger partial charge in [-0.1, -0.05) is 82.4 Å². The molecule has 1 aliphatic rings. The summed E-state index contributed by atoms with van der Waals surface area (Å²) in [5, 5.41) is 9.53. The molecule has 0 bridgehead atoms. The highest BCUT2D eigenvalue weighted by Gasteiger charge is 2.39. The third kappa shape index (κ3) is 8.03. The van der Waals surface area contributed by atoms with Crippen LogP contribution in [0.25, 0.3) is 6.08 Å². The third-order valence-electron chi connectivity index (χ3n) is 5.30. The van der Waals surface area contributed by atoms with E-state index in [0.717, 1.165) is 30.2 Å². The van der Waals surface area contributed by atoms with Gasteiger partial charge in [-0.25, -0.2) is 4.79 Å². The molecule has 1 aliphatic heterocycles. The Balaban J connectivity index is 2.09. The molecular formula is C25H35NO5S2. The predicted octanol–water partition coefficient (Wildman–Crippen LogP) is 6.28. The number of carbonyl (C=O) groups is 2. The summed E-state index contributed by atoms with van der Waals surface area (Å²) in [5.41, 5.74) is 0.772. The van der Waals surface area contributed by atoms with Crippen molar-refractivity contribution in [3.05, 3.63) is 28.7 Å². The number of ether oxygens (including phenoxy) is 2. The normalized spacial score (nSPS) is 15.8. The van der Waals surface area contributed by atoms with E-state index in [4.69, 9.17) is 21.7 Å². The molecule has 0 spiro atoms. The molecule has 8 heteroatoms. The summed E-state index contributed by atoms with van der Waals surface area (Å²) in [6.07, 6.45) is 9.90. The number of amides is 1. The fourth-order valence-corrected chi connectivity index (χ4v) is 4.96. The summed E-state index contributed by atoms with van der Waals surface area (Å²) in [6.45, 7) is 7.14. The van der Waals surface area contributed by atoms with E-state index in [0.29, 0.717) is 42.5 Å². The number of carboxylic acids is 1. The van der Waals surface area contributed by atoms with Crippen LogP contribution in [0.5, 0.6) is 11.5 Å². The number of carbonyl (C=O) groups excluding carboxylic acids is 1. The lowest BCUT2D eigenvalue weighted by molar-refractivity contribution is -0.145. The van der Waals surface area contributed by atoms with Crippen LogP contribution in [0.15, 0.2) is 23.1 Å². The third-order valence-corrected chi connectivity index (χ3v) is 6.63. The van der Waals surface area contributed by atoms with Gasteiger partial charge in [-0.3, -0.25) is 9.69 Å². The molecule has 1 atom stereocenters. The smallest absolute Gasteiger partial charge is 0.326 e. The topological polar surface area (TPSA) is 76.1 Å². The molecule has 1 amide bonds. The lowest BCUT2D eigenvalue weighted by atomic mass is 10.1. The van der Waals surface area contributed by atoms with Gasteiger partial charge in [-0.2, -0.15) is 0 Å². The average Bonchev–Trinajstić information content (AvgIpc) is 3.05. The molecule has 0 aromatic heterocycles. The number of hydrogen-bond acceptors (Lipinski definition) is 6. The van der Waals surface area contributed by atoms with E-state index in [1.165, 1.54) is 30.6 Å². The van der Waals surface area contributed by atoms with Gasteiger partial charge >= 0.3 is 5.97 Å². The second-order valence-corrected chi connectivity index (χ2v) is 9.63. The Morgan fingerprint density at radius 1 is 1.09 bits per heavy atom. The van der Waals surface area contributed by atoms with Crippen molar-refractivity contribution in [2.24, 2.45) is 0 Å². The lowest BCUT2D eigenvalue weighted by Gasteiger charge is -2.22. The van der Waals surface area contributed by atoms with Gasteiger partial charge in [0.05, 0.1) is 18.1 Å². The van der Waals surface area contributed by atoms with Crippen LogP contribution in [0, 0.1) is 0 Å². The van der Waals surface area contributed by atoms with E-state index in [9.17, 15) is 14.7 Å². The molecule has 2 rings (SSSR count). The Morgan fingerprint density at radius 2 is 1.82 bits per heavy atom. The Bertz CT molecular complexity index is 855. The van der Waals surface area contributed by atoms with Crippen molar-refractivity contribution >= 4 is 46.3 Å². The fraction of sp³-hybridized carbons (Fsp3) is 0.560. The molecule has 1 unspecified atom stereocenters. The number of thioether (sulfide) groups is 1. The first-order valence-electron chi connectivity index (χ1n) is 11.8. The number of hydrogen-bond donors (Lipinski definition) is 1. The van der Waals surface area contributed by atoms with Crippen LogP contribution in [-0.2, 0) is 9.59 Å². The van der Waals surface area contributed by atoms with Crippen molar-refractivity contribution in [1.29, 1.82) is 0 Å². The highest BCUT2D eigenvalue weighted by atomic mass is 32.2. The maximum atomic E-state index is 12.9. The predicted molar refractivity (Wildman–Crippen MR) is 138 cm³/mol. The number of benzene rings is 1. The molecule has 1 heterocycles. The number of aliphatic carboxylic acids is 1. The zero-order valence-corrected chi connectivity index (χ0v) is 21.4. The first-order valence-corrected chi connectivity index (χ1v) is 13.0. The molecular weight excluding hydrogens is 458 g/mol. The monoisotopic (exact) mass is 493 g/mol. The maximum Gasteiger partial charge on any atom is 0.326 e. The molecule has 1 N–H and O–H groups in total. The molecule has 0 saturated carbocycles. The maximum absolute atomic E-state index is 12.9. The van der Waals surface area contributed by atoms with Crippen LogP contribution >= 0.6 is 24.0 Å². The first kappa shape index (κ1) is 27.2. The summed E-state index contributed by atoms with van der Waals surface area (Å²) in [7, 11) is 0. The van der Waals surface area contributed by atoms with Gasteiger partial charge in [0.1, 0.15) is 10.4 Å². The minimum absolute atomic E-state index is 0.274. The molecule has 6 nitrogen and oxygen atoms in total. The molecule has 1 aromatic carbocycles. The van der Waals surface area contributed by atoms with Gasteiger partial charge in [0.25, 0.3) is 5.91 Å². The number of unbranched alkanes of at least 4 members (excludes halogenated alkanes) is 5. The molecule has 1 aromatic rings. The SMILES string of the molecule is CCCCCCCCOc1ccc(/C=C2/SC(=S)N(C(CCC)C(=O)O)C2=O)cc1OCC. The fourth-order valence-electron chi connectivity index (χ4n) is 3.60. The van der Waals surface area contributed by atoms with Crippen molar-refractivity contribution in [3.63, 3.8) is 0 Å². The van der Waals surface area contributed by atoms with E-state index in [2.05, 4.69) is 6.92 Å². The van der Waals surface area contributed by atoms with Gasteiger partial charge in [0.15, 0.2) is 11.5 Å². The summed E-state index contributed by atoms with van der Waals surface area (Å²) < 4.78 is 12.0. The quantitative estimate of drug-likeness (QED) is 0.175. The Kier molecular flexibility index (Phi) is 11.7. The van der Waals surface area contributed by atoms with Crippen LogP contribution in [0.3, 0.4) is 0 Å². The van der Waals surface area contributed by atoms with Crippen LogP contribution in [0.4, 0.5) is 0 Å². The second kappa shape index (κ2) is 14.3. The van der Waals surface area contributed by atoms with Crippen molar-refractivity contribution in [1.82, 2.24) is 4.90 Å². The number of nitrogens with zero attached hydrogens (tertiary/aromatic N) is 1. The second-order valence-electron chi connectivity index (χ2n) is 7.95. The van der Waals surface area contributed by atoms with Crippen molar-refractivity contribution in [3.8, 4) is 11.5 Å². The Labute approximate surface area is 206 Å². The average molecular weight is 494 g/mol. The van der Waals surface area contributed by atoms with E-state index < -0.39 is 12.0 Å². The van der Waals surface area contributed by atoms with E-state index in [1.807, 2.05) is 32.0 Å². The summed E-state index contributed by atoms with van der Waals surface area (Å²) in [6, 6.07) is 4.62. The summed E-state index contributed by atoms with van der Waals surface area (Å²) in [4.78, 5) is 26.2. The molecule has 1 saturated heterocycles. The van der Waals surface area contributed by atoms with E-state index in [-0.39, 0.29) is 10.2 Å². The molecule has 182 valence electrons. The number of carboxylic acid groups (broad SMARTS) is 1. The lowest BCUT2D eigenvalue weighted by Crippen LogP contribution is -2.43. The number of rotatable bonds is 15. The minimum atomic E-state index is -1.04. The molecule has 0 aliphatic carbocycles. The molecule has 0 radical (unpaired) electrons. The van der Waals surface area contributed by atoms with Crippen LogP contribution in [-0.4, -0.2) is 45.5 Å². The van der Waals surface area contributed by atoms with Crippen molar-refractivity contribution < 1.29 is 24.2 Å². The van der Waals surface area contributed by atoms with Gasteiger partial charge in [0.2, 0.25) is 0 Å². The zero-order valence-electron chi connectivity index (χ0n) is 19.8. The van der Waals surface area contributed by atoms with Crippen LogP contribution in [0.1, 0.15) is 77.7 Å². The Morgan fingerprint density at radius 3 is 2.48 bits per heavy atom. The molecule has 1 fully saturated rings. The van der Waals surface area contributed by atoms with Crippen LogP contribution < -0.4 is 9.47 Å². The van der Waals surface area contributed by atoms with Gasteiger partial charge < -0.3 is 14.6 Å². The Hall–Kier alpha value is -2.06. The highest BCUT2D eigenvalue weighted by molar-refractivity contribution is 8.26. The van der Waals surface area contributed by atoms with E-state index >= 15 is 0 Å². The van der Waals surface area contributed by atoms with Crippen LogP contribution in [0.2, 0.25) is 0 Å². The van der Waals surface area contributed by atoms with Gasteiger partial charge in [0, 0.05) is 0 Å². The minimum Gasteiger partial charge on any atom is -0.490 e. The van der Waals surface area contributed by atoms with E-state index in [1.54, 1.807) is 6.08 Å². The summed E-state index contributed by atoms with van der Waals surface area (Å²) in [5.74, 6) is -0.0989. The van der Waals surface area contributed by atoms with Gasteiger partial charge in [-0.05, 0) is 43.5 Å². The number of thiocarbonyl (C=S) groups is 1. The largest absolute Gasteiger partial charge is 0.490 e. The standard InChI is InChI=1S/C25H35NO5S2/c1-4-7-8-9-10-11-15-31-20-14-13-18(16-21(20)30-6-3)17-22-23(27)26(25(32)33-22)19(12-5-2)24(28)29/h13-14,16-17,19H,4-12,15H2,1-3H3,(H,28,29)/b22-17+. The summed E-state index contributed by atoms with van der Waals surface area (Å²) >= 11 is 6.45. The van der Waals surface area contributed by atoms with Crippen molar-refractivity contribution in [2.45, 2.75) is 78.2 Å². The molecule has 33 heavy (non-hydrogen) atoms. The van der Waals surface area contributed by atoms with Gasteiger partial charge in [-0.15, -0.1) is 0 Å². The zero-order chi connectivity index (χ0) is 24.2.